The summed E-state index contributed by atoms with van der Waals surface area (Å²) in [6.45, 7) is 5.91. The largest absolute Gasteiger partial charge is 0.341 e. The van der Waals surface area contributed by atoms with Gasteiger partial charge in [-0.1, -0.05) is 0 Å². The van der Waals surface area contributed by atoms with Gasteiger partial charge in [-0.25, -0.2) is 18.1 Å². The number of aryl methyl sites for hydroxylation is 1. The number of carbonyl (C=O) groups excluding carboxylic acids is 1. The van der Waals surface area contributed by atoms with Crippen LogP contribution in [-0.4, -0.2) is 34.8 Å². The molecule has 7 nitrogen and oxygen atoms in total. The fraction of sp³-hybridized carbons (Fsp3) is 0.227. The number of thiophene rings is 1. The van der Waals surface area contributed by atoms with E-state index in [1.165, 1.54) is 12.1 Å². The van der Waals surface area contributed by atoms with E-state index in [0.717, 1.165) is 21.9 Å². The molecule has 172 valence electrons. The molecule has 0 saturated heterocycles. The van der Waals surface area contributed by atoms with E-state index >= 15 is 0 Å². The molecule has 1 aromatic carbocycles. The molecule has 0 atom stereocenters. The molecule has 3 heterocycles. The van der Waals surface area contributed by atoms with Crippen LogP contribution in [0.3, 0.4) is 0 Å². The van der Waals surface area contributed by atoms with Crippen molar-refractivity contribution in [3.63, 3.8) is 0 Å². The van der Waals surface area contributed by atoms with E-state index in [1.807, 2.05) is 32.9 Å². The van der Waals surface area contributed by atoms with Crippen LogP contribution in [0, 0.1) is 6.92 Å². The van der Waals surface area contributed by atoms with Crippen molar-refractivity contribution >= 4 is 43.8 Å². The van der Waals surface area contributed by atoms with Gasteiger partial charge in [0.15, 0.2) is 5.65 Å². The summed E-state index contributed by atoms with van der Waals surface area (Å²) in [6, 6.07) is 10.2. The highest BCUT2D eigenvalue weighted by atomic mass is 32.2. The molecule has 0 spiro atoms. The van der Waals surface area contributed by atoms with E-state index in [1.54, 1.807) is 28.3 Å². The highest BCUT2D eigenvalue weighted by molar-refractivity contribution is 7.91. The predicted molar refractivity (Wildman–Crippen MR) is 124 cm³/mol. The van der Waals surface area contributed by atoms with Crippen molar-refractivity contribution in [1.82, 2.24) is 14.8 Å². The number of aromatic nitrogens is 3. The predicted octanol–water partition coefficient (Wildman–Crippen LogP) is 5.30. The lowest BCUT2D eigenvalue weighted by molar-refractivity contribution is 0.102. The summed E-state index contributed by atoms with van der Waals surface area (Å²) in [5, 5.41) is 7.64. The average Bonchev–Trinajstić information content (AvgIpc) is 3.39. The Bertz CT molecular complexity index is 1440. The number of alkyl halides is 2. The fourth-order valence-electron chi connectivity index (χ4n) is 3.31. The minimum Gasteiger partial charge on any atom is -0.322 e. The second kappa shape index (κ2) is 8.64. The van der Waals surface area contributed by atoms with Crippen LogP contribution < -0.4 is 5.32 Å². The van der Waals surface area contributed by atoms with Gasteiger partial charge in [0, 0.05) is 16.6 Å². The molecule has 4 aromatic rings. The maximum atomic E-state index is 13.2. The molecule has 0 saturated carbocycles. The Balaban J connectivity index is 1.73. The molecule has 0 aliphatic heterocycles. The third-order valence-corrected chi connectivity index (χ3v) is 7.39. The Kier molecular flexibility index (Phi) is 6.02. The van der Waals surface area contributed by atoms with Crippen molar-refractivity contribution in [3.05, 3.63) is 59.1 Å². The molecule has 4 rings (SSSR count). The van der Waals surface area contributed by atoms with Crippen LogP contribution in [0.25, 0.3) is 21.6 Å². The number of sulfone groups is 1. The maximum absolute atomic E-state index is 13.2. The Morgan fingerprint density at radius 1 is 1.12 bits per heavy atom. The smallest absolute Gasteiger partial charge is 0.322 e. The van der Waals surface area contributed by atoms with Gasteiger partial charge >= 0.3 is 5.76 Å². The third-order valence-electron chi connectivity index (χ3n) is 4.97. The van der Waals surface area contributed by atoms with Crippen molar-refractivity contribution in [2.45, 2.75) is 37.5 Å². The van der Waals surface area contributed by atoms with Crippen LogP contribution in [0.2, 0.25) is 0 Å². The van der Waals surface area contributed by atoms with Gasteiger partial charge in [-0.15, -0.1) is 11.3 Å². The van der Waals surface area contributed by atoms with E-state index in [9.17, 15) is 22.0 Å². The molecule has 0 aliphatic rings. The number of halogens is 2. The van der Waals surface area contributed by atoms with Gasteiger partial charge in [0.2, 0.25) is 9.84 Å². The van der Waals surface area contributed by atoms with Gasteiger partial charge in [-0.2, -0.15) is 13.9 Å². The molecule has 0 unspecified atom stereocenters. The Morgan fingerprint density at radius 2 is 1.82 bits per heavy atom. The number of rotatable bonds is 6. The first-order valence-corrected chi connectivity index (χ1v) is 12.3. The molecule has 1 amide bonds. The Labute approximate surface area is 193 Å². The van der Waals surface area contributed by atoms with E-state index < -0.39 is 26.4 Å². The molecular weight excluding hydrogens is 470 g/mol. The monoisotopic (exact) mass is 490 g/mol. The van der Waals surface area contributed by atoms with E-state index in [-0.39, 0.29) is 11.7 Å². The van der Waals surface area contributed by atoms with Crippen LogP contribution in [0.4, 0.5) is 14.5 Å². The molecule has 0 bridgehead atoms. The van der Waals surface area contributed by atoms with Crippen LogP contribution >= 0.6 is 11.3 Å². The van der Waals surface area contributed by atoms with E-state index in [0.29, 0.717) is 22.3 Å². The minimum atomic E-state index is -4.71. The first-order valence-electron chi connectivity index (χ1n) is 9.96. The van der Waals surface area contributed by atoms with Crippen molar-refractivity contribution in [3.8, 4) is 10.6 Å². The van der Waals surface area contributed by atoms with Gasteiger partial charge in [0.1, 0.15) is 0 Å². The summed E-state index contributed by atoms with van der Waals surface area (Å²) in [4.78, 5) is 19.4. The quantitative estimate of drug-likeness (QED) is 0.396. The highest BCUT2D eigenvalue weighted by Gasteiger charge is 2.26. The number of hydrogen-bond donors (Lipinski definition) is 1. The van der Waals surface area contributed by atoms with Gasteiger partial charge in [-0.3, -0.25) is 4.79 Å². The lowest BCUT2D eigenvalue weighted by atomic mass is 10.1. The minimum absolute atomic E-state index is 0.0237. The fourth-order valence-corrected chi connectivity index (χ4v) is 4.86. The van der Waals surface area contributed by atoms with Crippen LogP contribution in [0.1, 0.15) is 35.1 Å². The SMILES string of the molecule is Cc1ccc(-c2cc(C(=O)Nc3ccc(S(=O)(=O)C(F)F)cc3)c3cnn(C(C)C)c3n2)s1. The second-order valence-electron chi connectivity index (χ2n) is 7.67. The number of pyridine rings is 1. The lowest BCUT2D eigenvalue weighted by Crippen LogP contribution is -2.14. The standard InChI is InChI=1S/C22H20F2N4O3S2/c1-12(2)28-20-17(11-25-28)16(10-18(27-20)19-9-4-13(3)32-19)21(29)26-14-5-7-15(8-6-14)33(30,31)22(23)24/h4-12,22H,1-3H3,(H,26,29). The summed E-state index contributed by atoms with van der Waals surface area (Å²) in [5.74, 6) is -3.97. The third kappa shape index (κ3) is 4.38. The molecule has 11 heteroatoms. The lowest BCUT2D eigenvalue weighted by Gasteiger charge is -2.11. The van der Waals surface area contributed by atoms with Crippen molar-refractivity contribution < 1.29 is 22.0 Å². The average molecular weight is 491 g/mol. The number of nitrogens with one attached hydrogen (secondary N) is 1. The maximum Gasteiger partial charge on any atom is 0.341 e. The zero-order valence-electron chi connectivity index (χ0n) is 17.9. The molecule has 3 aromatic heterocycles. The number of benzene rings is 1. The number of carbonyl (C=O) groups is 1. The van der Waals surface area contributed by atoms with Gasteiger partial charge in [-0.05, 0) is 63.2 Å². The van der Waals surface area contributed by atoms with Crippen LogP contribution in [0.5, 0.6) is 0 Å². The van der Waals surface area contributed by atoms with Crippen molar-refractivity contribution in [2.75, 3.05) is 5.32 Å². The number of amides is 1. The molecule has 0 radical (unpaired) electrons. The van der Waals surface area contributed by atoms with Crippen LogP contribution in [0.15, 0.2) is 53.6 Å². The Hall–Kier alpha value is -3.18. The summed E-state index contributed by atoms with van der Waals surface area (Å²) < 4.78 is 50.5. The Morgan fingerprint density at radius 3 is 2.39 bits per heavy atom. The van der Waals surface area contributed by atoms with Crippen molar-refractivity contribution in [1.29, 1.82) is 0 Å². The topological polar surface area (TPSA) is 94.0 Å². The number of fused-ring (bicyclic) bond motifs is 1. The number of hydrogen-bond acceptors (Lipinski definition) is 6. The molecule has 0 aliphatic carbocycles. The number of anilines is 1. The van der Waals surface area contributed by atoms with Gasteiger partial charge in [0.25, 0.3) is 5.91 Å². The van der Waals surface area contributed by atoms with Gasteiger partial charge in [0.05, 0.1) is 32.6 Å². The highest BCUT2D eigenvalue weighted by Crippen LogP contribution is 2.31. The van der Waals surface area contributed by atoms with Crippen LogP contribution in [-0.2, 0) is 9.84 Å². The first kappa shape index (κ1) is 23.0. The zero-order valence-corrected chi connectivity index (χ0v) is 19.5. The number of nitrogens with zero attached hydrogens (tertiary/aromatic N) is 3. The summed E-state index contributed by atoms with van der Waals surface area (Å²) in [6.07, 6.45) is 1.58. The molecular formula is C22H20F2N4O3S2. The molecule has 0 fully saturated rings. The molecule has 1 N–H and O–H groups in total. The first-order chi connectivity index (χ1) is 15.6. The second-order valence-corrected chi connectivity index (χ2v) is 10.9. The summed E-state index contributed by atoms with van der Waals surface area (Å²) in [7, 11) is -4.71. The molecule has 33 heavy (non-hydrogen) atoms. The van der Waals surface area contributed by atoms with Gasteiger partial charge < -0.3 is 5.32 Å². The van der Waals surface area contributed by atoms with Crippen molar-refractivity contribution in [2.24, 2.45) is 0 Å². The summed E-state index contributed by atoms with van der Waals surface area (Å²) >= 11 is 1.55. The normalized spacial score (nSPS) is 12.1. The van der Waals surface area contributed by atoms with E-state index in [2.05, 4.69) is 10.4 Å². The zero-order chi connectivity index (χ0) is 23.9. The van der Waals surface area contributed by atoms with E-state index in [4.69, 9.17) is 4.98 Å². The summed E-state index contributed by atoms with van der Waals surface area (Å²) in [5.41, 5.74) is 1.81.